The fraction of sp³-hybridized carbons (Fsp3) is 0.909. The molecule has 14 heavy (non-hydrogen) atoms. The Hall–Kier alpha value is -0.570. The van der Waals surface area contributed by atoms with Crippen LogP contribution in [0.1, 0.15) is 53.4 Å². The van der Waals surface area contributed by atoms with Gasteiger partial charge >= 0.3 is 5.97 Å². The van der Waals surface area contributed by atoms with E-state index in [0.29, 0.717) is 6.42 Å². The second kappa shape index (κ2) is 6.02. The first kappa shape index (κ1) is 13.4. The second-order valence-electron chi connectivity index (χ2n) is 4.39. The van der Waals surface area contributed by atoms with E-state index in [1.807, 2.05) is 13.8 Å². The number of unbranched alkanes of at least 4 members (excludes halogenated alkanes) is 2. The van der Waals surface area contributed by atoms with Gasteiger partial charge in [0, 0.05) is 6.04 Å². The summed E-state index contributed by atoms with van der Waals surface area (Å²) in [4.78, 5) is 11.1. The van der Waals surface area contributed by atoms with E-state index in [9.17, 15) is 4.79 Å². The van der Waals surface area contributed by atoms with Crippen LogP contribution in [0.2, 0.25) is 0 Å². The minimum absolute atomic E-state index is 0.206. The third-order valence-electron chi connectivity index (χ3n) is 2.36. The van der Waals surface area contributed by atoms with Crippen molar-refractivity contribution in [1.82, 2.24) is 5.32 Å². The van der Waals surface area contributed by atoms with Crippen LogP contribution in [0, 0.1) is 0 Å². The van der Waals surface area contributed by atoms with Gasteiger partial charge in [0.15, 0.2) is 0 Å². The maximum Gasteiger partial charge on any atom is 0.323 e. The lowest BCUT2D eigenvalue weighted by molar-refractivity contribution is -0.144. The van der Waals surface area contributed by atoms with Gasteiger partial charge in [-0.2, -0.15) is 0 Å². The van der Waals surface area contributed by atoms with Crippen molar-refractivity contribution in [3.63, 3.8) is 0 Å². The molecular weight excluding hydrogens is 178 g/mol. The molecule has 3 nitrogen and oxygen atoms in total. The molecule has 0 spiro atoms. The number of carbonyl (C=O) groups is 1. The van der Waals surface area contributed by atoms with E-state index in [2.05, 4.69) is 12.2 Å². The van der Waals surface area contributed by atoms with Crippen LogP contribution in [0.25, 0.3) is 0 Å². The molecule has 0 radical (unpaired) electrons. The first-order chi connectivity index (χ1) is 6.42. The van der Waals surface area contributed by atoms with Crippen LogP contribution < -0.4 is 5.32 Å². The normalized spacial score (nSPS) is 15.5. The molecule has 84 valence electrons. The van der Waals surface area contributed by atoms with E-state index < -0.39 is 11.5 Å². The van der Waals surface area contributed by atoms with Crippen LogP contribution in [-0.4, -0.2) is 22.7 Å². The van der Waals surface area contributed by atoms with E-state index >= 15 is 0 Å². The molecule has 0 aromatic rings. The Balaban J connectivity index is 4.17. The van der Waals surface area contributed by atoms with Crippen LogP contribution >= 0.6 is 0 Å². The monoisotopic (exact) mass is 201 g/mol. The summed E-state index contributed by atoms with van der Waals surface area (Å²) in [6.45, 7) is 7.83. The average molecular weight is 201 g/mol. The van der Waals surface area contributed by atoms with E-state index in [1.54, 1.807) is 6.92 Å². The van der Waals surface area contributed by atoms with Crippen molar-refractivity contribution < 1.29 is 9.90 Å². The summed E-state index contributed by atoms with van der Waals surface area (Å²) in [5.41, 5.74) is -0.761. The van der Waals surface area contributed by atoms with Gasteiger partial charge < -0.3 is 5.11 Å². The van der Waals surface area contributed by atoms with Gasteiger partial charge in [-0.05, 0) is 27.2 Å². The summed E-state index contributed by atoms with van der Waals surface area (Å²) >= 11 is 0. The number of carboxylic acid groups (broad SMARTS) is 1. The smallest absolute Gasteiger partial charge is 0.323 e. The van der Waals surface area contributed by atoms with Crippen molar-refractivity contribution in [3.8, 4) is 0 Å². The van der Waals surface area contributed by atoms with Crippen LogP contribution in [-0.2, 0) is 4.79 Å². The maximum absolute atomic E-state index is 11.1. The molecule has 0 fully saturated rings. The SMILES string of the molecule is CCCCCC(C)(NC(C)C)C(=O)O. The lowest BCUT2D eigenvalue weighted by Gasteiger charge is -2.28. The lowest BCUT2D eigenvalue weighted by Crippen LogP contribution is -2.52. The highest BCUT2D eigenvalue weighted by atomic mass is 16.4. The van der Waals surface area contributed by atoms with Crippen LogP contribution in [0.4, 0.5) is 0 Å². The zero-order valence-electron chi connectivity index (χ0n) is 9.76. The fourth-order valence-electron chi connectivity index (χ4n) is 1.61. The van der Waals surface area contributed by atoms with Crippen molar-refractivity contribution in [2.45, 2.75) is 65.0 Å². The Labute approximate surface area is 86.9 Å². The molecule has 0 amide bonds. The molecule has 0 heterocycles. The highest BCUT2D eigenvalue weighted by molar-refractivity contribution is 5.78. The minimum Gasteiger partial charge on any atom is -0.480 e. The van der Waals surface area contributed by atoms with Gasteiger partial charge in [-0.15, -0.1) is 0 Å². The van der Waals surface area contributed by atoms with Gasteiger partial charge in [-0.25, -0.2) is 0 Å². The standard InChI is InChI=1S/C11H23NO2/c1-5-6-7-8-11(4,10(13)14)12-9(2)3/h9,12H,5-8H2,1-4H3,(H,13,14). The number of rotatable bonds is 7. The Bertz CT molecular complexity index is 180. The maximum atomic E-state index is 11.1. The molecule has 3 heteroatoms. The van der Waals surface area contributed by atoms with Gasteiger partial charge in [0.25, 0.3) is 0 Å². The largest absolute Gasteiger partial charge is 0.480 e. The first-order valence-corrected chi connectivity index (χ1v) is 5.43. The molecule has 0 aromatic heterocycles. The lowest BCUT2D eigenvalue weighted by atomic mass is 9.93. The summed E-state index contributed by atoms with van der Waals surface area (Å²) in [5, 5.41) is 12.2. The van der Waals surface area contributed by atoms with Crippen molar-refractivity contribution in [2.75, 3.05) is 0 Å². The number of hydrogen-bond donors (Lipinski definition) is 2. The number of nitrogens with one attached hydrogen (secondary N) is 1. The zero-order valence-corrected chi connectivity index (χ0v) is 9.76. The Morgan fingerprint density at radius 3 is 2.36 bits per heavy atom. The van der Waals surface area contributed by atoms with Gasteiger partial charge in [-0.1, -0.05) is 26.2 Å². The molecule has 0 aliphatic heterocycles. The number of hydrogen-bond acceptors (Lipinski definition) is 2. The average Bonchev–Trinajstić information content (AvgIpc) is 2.03. The topological polar surface area (TPSA) is 49.3 Å². The molecule has 0 rings (SSSR count). The number of aliphatic carboxylic acids is 1. The summed E-state index contributed by atoms with van der Waals surface area (Å²) in [6.07, 6.45) is 3.90. The third-order valence-corrected chi connectivity index (χ3v) is 2.36. The predicted octanol–water partition coefficient (Wildman–Crippen LogP) is 2.41. The van der Waals surface area contributed by atoms with E-state index in [0.717, 1.165) is 19.3 Å². The van der Waals surface area contributed by atoms with Gasteiger partial charge in [0.1, 0.15) is 5.54 Å². The molecule has 0 bridgehead atoms. The molecule has 0 saturated carbocycles. The quantitative estimate of drug-likeness (QED) is 0.622. The summed E-state index contributed by atoms with van der Waals surface area (Å²) < 4.78 is 0. The Kier molecular flexibility index (Phi) is 5.77. The molecule has 0 aliphatic rings. The summed E-state index contributed by atoms with van der Waals surface area (Å²) in [5.74, 6) is -0.748. The highest BCUT2D eigenvalue weighted by Gasteiger charge is 2.32. The van der Waals surface area contributed by atoms with Gasteiger partial charge in [0.2, 0.25) is 0 Å². The van der Waals surface area contributed by atoms with Crippen molar-refractivity contribution in [1.29, 1.82) is 0 Å². The first-order valence-electron chi connectivity index (χ1n) is 5.43. The molecule has 1 atom stereocenters. The number of carboxylic acids is 1. The molecule has 2 N–H and O–H groups in total. The van der Waals surface area contributed by atoms with Crippen LogP contribution in [0.15, 0.2) is 0 Å². The molecular formula is C11H23NO2. The van der Waals surface area contributed by atoms with Gasteiger partial charge in [0.05, 0.1) is 0 Å². The summed E-state index contributed by atoms with van der Waals surface area (Å²) in [6, 6.07) is 0.206. The Morgan fingerprint density at radius 2 is 2.00 bits per heavy atom. The van der Waals surface area contributed by atoms with Crippen molar-refractivity contribution in [3.05, 3.63) is 0 Å². The Morgan fingerprint density at radius 1 is 1.43 bits per heavy atom. The summed E-state index contributed by atoms with van der Waals surface area (Å²) in [7, 11) is 0. The van der Waals surface area contributed by atoms with E-state index in [-0.39, 0.29) is 6.04 Å². The molecule has 0 aliphatic carbocycles. The second-order valence-corrected chi connectivity index (χ2v) is 4.39. The fourth-order valence-corrected chi connectivity index (χ4v) is 1.61. The molecule has 1 unspecified atom stereocenters. The van der Waals surface area contributed by atoms with Crippen molar-refractivity contribution >= 4 is 5.97 Å². The highest BCUT2D eigenvalue weighted by Crippen LogP contribution is 2.16. The third kappa shape index (κ3) is 4.61. The van der Waals surface area contributed by atoms with E-state index in [1.165, 1.54) is 0 Å². The van der Waals surface area contributed by atoms with Crippen molar-refractivity contribution in [2.24, 2.45) is 0 Å². The molecule has 0 aromatic carbocycles. The predicted molar refractivity (Wildman–Crippen MR) is 58.5 cm³/mol. The zero-order chi connectivity index (χ0) is 11.2. The van der Waals surface area contributed by atoms with E-state index in [4.69, 9.17) is 5.11 Å². The minimum atomic E-state index is -0.761. The van der Waals surface area contributed by atoms with Crippen LogP contribution in [0.3, 0.4) is 0 Å². The van der Waals surface area contributed by atoms with Gasteiger partial charge in [-0.3, -0.25) is 10.1 Å². The molecule has 0 saturated heterocycles. The van der Waals surface area contributed by atoms with Crippen LogP contribution in [0.5, 0.6) is 0 Å².